The summed E-state index contributed by atoms with van der Waals surface area (Å²) in [6.45, 7) is 4.76. The maximum Gasteiger partial charge on any atom is 0.152 e. The minimum Gasteiger partial charge on any atom is -0.394 e. The summed E-state index contributed by atoms with van der Waals surface area (Å²) in [5.41, 5.74) is 8.62. The Morgan fingerprint density at radius 1 is 1.47 bits per heavy atom. The van der Waals surface area contributed by atoms with Gasteiger partial charge in [0.15, 0.2) is 5.82 Å². The predicted molar refractivity (Wildman–Crippen MR) is 79.5 cm³/mol. The van der Waals surface area contributed by atoms with Crippen LogP contribution in [-0.2, 0) is 6.54 Å². The lowest BCUT2D eigenvalue weighted by Gasteiger charge is -2.09. The van der Waals surface area contributed by atoms with E-state index in [1.54, 1.807) is 0 Å². The zero-order valence-corrected chi connectivity index (χ0v) is 12.0. The highest BCUT2D eigenvalue weighted by molar-refractivity contribution is 14.1. The van der Waals surface area contributed by atoms with Gasteiger partial charge in [-0.3, -0.25) is 0 Å². The minimum absolute atomic E-state index is 0.714. The van der Waals surface area contributed by atoms with Gasteiger partial charge >= 0.3 is 0 Å². The zero-order chi connectivity index (χ0) is 12.4. The summed E-state index contributed by atoms with van der Waals surface area (Å²) in [5.74, 6) is 0.868. The third kappa shape index (κ3) is 2.54. The molecule has 0 unspecified atom stereocenters. The highest BCUT2D eigenvalue weighted by atomic mass is 127. The number of aromatic nitrogens is 2. The number of rotatable bonds is 3. The van der Waals surface area contributed by atoms with E-state index in [1.807, 2.05) is 30.7 Å². The first kappa shape index (κ1) is 12.2. The maximum atomic E-state index is 6.02. The van der Waals surface area contributed by atoms with Gasteiger partial charge in [0.2, 0.25) is 0 Å². The first-order valence-corrected chi connectivity index (χ1v) is 6.55. The van der Waals surface area contributed by atoms with Crippen molar-refractivity contribution in [1.29, 1.82) is 0 Å². The SMILES string of the molecule is CCn1nc(C)c(N)c1Nc1cccc(I)c1. The standard InChI is InChI=1S/C12H15IN4/c1-3-17-12(11(14)8(2)16-17)15-10-6-4-5-9(13)7-10/h4-7,15H,3,14H2,1-2H3. The van der Waals surface area contributed by atoms with Gasteiger partial charge in [-0.1, -0.05) is 6.07 Å². The van der Waals surface area contributed by atoms with Crippen LogP contribution in [0.4, 0.5) is 17.2 Å². The summed E-state index contributed by atoms with van der Waals surface area (Å²) in [6.07, 6.45) is 0. The molecule has 0 spiro atoms. The lowest BCUT2D eigenvalue weighted by Crippen LogP contribution is -2.04. The number of hydrogen-bond donors (Lipinski definition) is 2. The number of aryl methyl sites for hydroxylation is 2. The van der Waals surface area contributed by atoms with E-state index in [9.17, 15) is 0 Å². The summed E-state index contributed by atoms with van der Waals surface area (Å²) in [7, 11) is 0. The molecule has 2 aromatic rings. The molecule has 0 saturated heterocycles. The monoisotopic (exact) mass is 342 g/mol. The van der Waals surface area contributed by atoms with Gasteiger partial charge in [0.05, 0.1) is 11.4 Å². The van der Waals surface area contributed by atoms with Crippen LogP contribution in [0.15, 0.2) is 24.3 Å². The number of hydrogen-bond acceptors (Lipinski definition) is 3. The molecule has 90 valence electrons. The smallest absolute Gasteiger partial charge is 0.152 e. The molecule has 0 aliphatic carbocycles. The van der Waals surface area contributed by atoms with Crippen molar-refractivity contribution in [2.24, 2.45) is 0 Å². The predicted octanol–water partition coefficient (Wildman–Crippen LogP) is 3.14. The summed E-state index contributed by atoms with van der Waals surface area (Å²) < 4.78 is 3.07. The number of nitrogens with one attached hydrogen (secondary N) is 1. The van der Waals surface area contributed by atoms with Gasteiger partial charge in [-0.2, -0.15) is 5.10 Å². The average Bonchev–Trinajstić information content (AvgIpc) is 2.57. The highest BCUT2D eigenvalue weighted by Gasteiger charge is 2.11. The molecule has 17 heavy (non-hydrogen) atoms. The molecule has 0 saturated carbocycles. The van der Waals surface area contributed by atoms with E-state index in [1.165, 1.54) is 3.57 Å². The highest BCUT2D eigenvalue weighted by Crippen LogP contribution is 2.26. The molecule has 1 aromatic carbocycles. The number of nitrogen functional groups attached to an aromatic ring is 1. The van der Waals surface area contributed by atoms with Crippen LogP contribution in [0.3, 0.4) is 0 Å². The van der Waals surface area contributed by atoms with Crippen LogP contribution >= 0.6 is 22.6 Å². The average molecular weight is 342 g/mol. The molecular weight excluding hydrogens is 327 g/mol. The fourth-order valence-electron chi connectivity index (χ4n) is 1.66. The maximum absolute atomic E-state index is 6.02. The summed E-state index contributed by atoms with van der Waals surface area (Å²) in [5, 5.41) is 7.70. The van der Waals surface area contributed by atoms with Crippen molar-refractivity contribution in [1.82, 2.24) is 9.78 Å². The first-order valence-electron chi connectivity index (χ1n) is 5.47. The number of anilines is 3. The fraction of sp³-hybridized carbons (Fsp3) is 0.250. The van der Waals surface area contributed by atoms with E-state index in [0.29, 0.717) is 5.69 Å². The largest absolute Gasteiger partial charge is 0.394 e. The van der Waals surface area contributed by atoms with Crippen LogP contribution in [0.25, 0.3) is 0 Å². The Labute approximate surface area is 114 Å². The Morgan fingerprint density at radius 2 is 2.24 bits per heavy atom. The van der Waals surface area contributed by atoms with Crippen LogP contribution in [0.1, 0.15) is 12.6 Å². The van der Waals surface area contributed by atoms with Crippen molar-refractivity contribution in [3.05, 3.63) is 33.5 Å². The number of benzene rings is 1. The van der Waals surface area contributed by atoms with Crippen molar-refractivity contribution in [3.8, 4) is 0 Å². The van der Waals surface area contributed by atoms with Crippen molar-refractivity contribution < 1.29 is 0 Å². The van der Waals surface area contributed by atoms with E-state index in [4.69, 9.17) is 5.73 Å². The van der Waals surface area contributed by atoms with Crippen LogP contribution in [0.5, 0.6) is 0 Å². The van der Waals surface area contributed by atoms with Gasteiger partial charge in [-0.05, 0) is 54.6 Å². The fourth-order valence-corrected chi connectivity index (χ4v) is 2.20. The Balaban J connectivity index is 2.35. The molecule has 0 radical (unpaired) electrons. The van der Waals surface area contributed by atoms with Crippen molar-refractivity contribution in [2.75, 3.05) is 11.1 Å². The van der Waals surface area contributed by atoms with Crippen LogP contribution < -0.4 is 11.1 Å². The van der Waals surface area contributed by atoms with Crippen LogP contribution in [-0.4, -0.2) is 9.78 Å². The second-order valence-electron chi connectivity index (χ2n) is 3.80. The summed E-state index contributed by atoms with van der Waals surface area (Å²) in [6, 6.07) is 8.16. The second-order valence-corrected chi connectivity index (χ2v) is 5.04. The molecule has 0 amide bonds. The first-order chi connectivity index (χ1) is 8.11. The molecule has 0 aliphatic rings. The van der Waals surface area contributed by atoms with E-state index >= 15 is 0 Å². The topological polar surface area (TPSA) is 55.9 Å². The van der Waals surface area contributed by atoms with Crippen molar-refractivity contribution in [3.63, 3.8) is 0 Å². The van der Waals surface area contributed by atoms with E-state index in [-0.39, 0.29) is 0 Å². The molecule has 1 heterocycles. The molecule has 0 atom stereocenters. The second kappa shape index (κ2) is 4.95. The quantitative estimate of drug-likeness (QED) is 0.843. The Bertz CT molecular complexity index is 533. The van der Waals surface area contributed by atoms with E-state index < -0.39 is 0 Å². The lowest BCUT2D eigenvalue weighted by atomic mass is 10.3. The van der Waals surface area contributed by atoms with Crippen LogP contribution in [0, 0.1) is 10.5 Å². The number of nitrogens with two attached hydrogens (primary N) is 1. The van der Waals surface area contributed by atoms with E-state index in [0.717, 1.165) is 23.7 Å². The molecule has 0 aliphatic heterocycles. The molecule has 1 aromatic heterocycles. The van der Waals surface area contributed by atoms with E-state index in [2.05, 4.69) is 45.1 Å². The molecule has 3 N–H and O–H groups in total. The number of nitrogens with zero attached hydrogens (tertiary/aromatic N) is 2. The van der Waals surface area contributed by atoms with Crippen LogP contribution in [0.2, 0.25) is 0 Å². The van der Waals surface area contributed by atoms with Gasteiger partial charge < -0.3 is 11.1 Å². The molecule has 5 heteroatoms. The van der Waals surface area contributed by atoms with Gasteiger partial charge in [-0.25, -0.2) is 4.68 Å². The van der Waals surface area contributed by atoms with Gasteiger partial charge in [-0.15, -0.1) is 0 Å². The zero-order valence-electron chi connectivity index (χ0n) is 9.87. The molecule has 2 rings (SSSR count). The third-order valence-corrected chi connectivity index (χ3v) is 3.23. The number of halogens is 1. The Hall–Kier alpha value is -1.24. The molecule has 0 fully saturated rings. The molecular formula is C12H15IN4. The minimum atomic E-state index is 0.714. The summed E-state index contributed by atoms with van der Waals surface area (Å²) in [4.78, 5) is 0. The van der Waals surface area contributed by atoms with Gasteiger partial charge in [0, 0.05) is 15.8 Å². The molecule has 0 bridgehead atoms. The van der Waals surface area contributed by atoms with Crippen molar-refractivity contribution in [2.45, 2.75) is 20.4 Å². The summed E-state index contributed by atoms with van der Waals surface area (Å²) >= 11 is 2.29. The Morgan fingerprint density at radius 3 is 2.88 bits per heavy atom. The normalized spacial score (nSPS) is 10.5. The van der Waals surface area contributed by atoms with Crippen molar-refractivity contribution >= 4 is 39.8 Å². The molecule has 4 nitrogen and oxygen atoms in total. The van der Waals surface area contributed by atoms with Gasteiger partial charge in [0.25, 0.3) is 0 Å². The lowest BCUT2D eigenvalue weighted by molar-refractivity contribution is 0.661. The van der Waals surface area contributed by atoms with Gasteiger partial charge in [0.1, 0.15) is 0 Å². The Kier molecular flexibility index (Phi) is 3.56. The third-order valence-electron chi connectivity index (χ3n) is 2.56.